The quantitative estimate of drug-likeness (QED) is 0.572. The predicted molar refractivity (Wildman–Crippen MR) is 120 cm³/mol. The maximum absolute atomic E-state index is 13.3. The van der Waals surface area contributed by atoms with Gasteiger partial charge in [-0.1, -0.05) is 51.1 Å². The molecule has 1 aliphatic rings. The van der Waals surface area contributed by atoms with E-state index >= 15 is 0 Å². The van der Waals surface area contributed by atoms with E-state index in [4.69, 9.17) is 4.42 Å². The second kappa shape index (κ2) is 8.11. The molecule has 164 valence electrons. The average molecular weight is 431 g/mol. The number of aryl methyl sites for hydroxylation is 1. The smallest absolute Gasteiger partial charge is 0.290 e. The van der Waals surface area contributed by atoms with Gasteiger partial charge in [-0.15, -0.1) is 0 Å². The Kier molecular flexibility index (Phi) is 5.46. The average Bonchev–Trinajstić information content (AvgIpc) is 3.30. The number of carbonyl (C=O) groups excluding carboxylic acids is 2. The molecule has 32 heavy (non-hydrogen) atoms. The van der Waals surface area contributed by atoms with E-state index < -0.39 is 23.5 Å². The lowest BCUT2D eigenvalue weighted by molar-refractivity contribution is -0.130. The summed E-state index contributed by atoms with van der Waals surface area (Å²) in [4.78, 5) is 32.0. The fourth-order valence-electron chi connectivity index (χ4n) is 3.94. The van der Waals surface area contributed by atoms with E-state index in [-0.39, 0.29) is 23.3 Å². The molecule has 4 rings (SSSR count). The van der Waals surface area contributed by atoms with Gasteiger partial charge in [0.05, 0.1) is 11.6 Å². The van der Waals surface area contributed by atoms with Crippen molar-refractivity contribution < 1.29 is 19.1 Å². The molecule has 2 aromatic heterocycles. The summed E-state index contributed by atoms with van der Waals surface area (Å²) in [6.07, 6.45) is 3.32. The molecule has 1 aliphatic heterocycles. The molecule has 1 amide bonds. The van der Waals surface area contributed by atoms with Crippen molar-refractivity contribution in [2.45, 2.75) is 45.7 Å². The van der Waals surface area contributed by atoms with Crippen LogP contribution in [0.15, 0.2) is 76.7 Å². The third-order valence-corrected chi connectivity index (χ3v) is 5.68. The highest BCUT2D eigenvalue weighted by molar-refractivity contribution is 6.15. The number of nitrogens with zero attached hydrogens (tertiary/aromatic N) is 2. The highest BCUT2D eigenvalue weighted by atomic mass is 16.3. The van der Waals surface area contributed by atoms with Crippen LogP contribution < -0.4 is 0 Å². The van der Waals surface area contributed by atoms with Crippen molar-refractivity contribution in [3.63, 3.8) is 0 Å². The Morgan fingerprint density at radius 3 is 2.41 bits per heavy atom. The molecule has 1 aromatic carbocycles. The molecular formula is C26H26N2O4. The third-order valence-electron chi connectivity index (χ3n) is 5.68. The summed E-state index contributed by atoms with van der Waals surface area (Å²) in [5, 5.41) is 10.8. The fourth-order valence-corrected chi connectivity index (χ4v) is 3.94. The van der Waals surface area contributed by atoms with Crippen LogP contribution in [0.1, 0.15) is 59.8 Å². The molecule has 1 atom stereocenters. The predicted octanol–water partition coefficient (Wildman–Crippen LogP) is 5.06. The molecule has 3 aromatic rings. The van der Waals surface area contributed by atoms with Gasteiger partial charge in [-0.25, -0.2) is 0 Å². The van der Waals surface area contributed by atoms with Crippen molar-refractivity contribution in [3.05, 3.63) is 100 Å². The van der Waals surface area contributed by atoms with Gasteiger partial charge in [0.15, 0.2) is 11.5 Å². The highest BCUT2D eigenvalue weighted by Crippen LogP contribution is 2.40. The number of aromatic nitrogens is 1. The molecule has 3 heterocycles. The monoisotopic (exact) mass is 430 g/mol. The Bertz CT molecular complexity index is 1180. The van der Waals surface area contributed by atoms with Crippen LogP contribution in [0.3, 0.4) is 0 Å². The number of hydrogen-bond acceptors (Lipinski definition) is 5. The lowest BCUT2D eigenvalue weighted by Crippen LogP contribution is -2.30. The number of ketones is 1. The van der Waals surface area contributed by atoms with E-state index in [0.29, 0.717) is 5.76 Å². The summed E-state index contributed by atoms with van der Waals surface area (Å²) in [5.74, 6) is -0.960. The first kappa shape index (κ1) is 21.6. The van der Waals surface area contributed by atoms with Crippen LogP contribution in [-0.4, -0.2) is 26.7 Å². The molecule has 0 radical (unpaired) electrons. The van der Waals surface area contributed by atoms with Gasteiger partial charge in [0.1, 0.15) is 5.76 Å². The van der Waals surface area contributed by atoms with E-state index in [1.54, 1.807) is 37.5 Å². The van der Waals surface area contributed by atoms with Crippen LogP contribution in [0.5, 0.6) is 0 Å². The van der Waals surface area contributed by atoms with Crippen LogP contribution in [-0.2, 0) is 16.8 Å². The zero-order valence-electron chi connectivity index (χ0n) is 18.6. The minimum absolute atomic E-state index is 0.0248. The van der Waals surface area contributed by atoms with Crippen LogP contribution in [0.4, 0.5) is 0 Å². The molecule has 6 heteroatoms. The van der Waals surface area contributed by atoms with E-state index in [1.807, 2.05) is 30.3 Å². The largest absolute Gasteiger partial charge is 0.503 e. The first-order valence-corrected chi connectivity index (χ1v) is 10.5. The number of furan rings is 1. The van der Waals surface area contributed by atoms with Gasteiger partial charge in [0, 0.05) is 18.9 Å². The van der Waals surface area contributed by atoms with Crippen LogP contribution in [0, 0.1) is 6.92 Å². The molecule has 0 saturated heterocycles. The SMILES string of the molecule is Cc1ccc(C(=O)C2=C(O)C(=O)N(Cc3cccnc3)[C@@H]2c2ccc(C(C)(C)C)cc2)o1. The van der Waals surface area contributed by atoms with Crippen LogP contribution in [0.25, 0.3) is 0 Å². The van der Waals surface area contributed by atoms with Crippen molar-refractivity contribution in [1.29, 1.82) is 0 Å². The fraction of sp³-hybridized carbons (Fsp3) is 0.269. The maximum atomic E-state index is 13.3. The summed E-state index contributed by atoms with van der Waals surface area (Å²) >= 11 is 0. The summed E-state index contributed by atoms with van der Waals surface area (Å²) in [5.41, 5.74) is 2.66. The van der Waals surface area contributed by atoms with E-state index in [1.165, 1.54) is 4.90 Å². The minimum Gasteiger partial charge on any atom is -0.503 e. The first-order valence-electron chi connectivity index (χ1n) is 10.5. The number of rotatable bonds is 5. The van der Waals surface area contributed by atoms with Crippen LogP contribution >= 0.6 is 0 Å². The number of aliphatic hydroxyl groups excluding tert-OH is 1. The van der Waals surface area contributed by atoms with Gasteiger partial charge < -0.3 is 14.4 Å². The van der Waals surface area contributed by atoms with Crippen molar-refractivity contribution in [1.82, 2.24) is 9.88 Å². The third kappa shape index (κ3) is 3.96. The van der Waals surface area contributed by atoms with Crippen molar-refractivity contribution in [2.24, 2.45) is 0 Å². The Balaban J connectivity index is 1.79. The second-order valence-electron chi connectivity index (χ2n) is 9.07. The summed E-state index contributed by atoms with van der Waals surface area (Å²) in [7, 11) is 0. The maximum Gasteiger partial charge on any atom is 0.290 e. The van der Waals surface area contributed by atoms with E-state index in [2.05, 4.69) is 25.8 Å². The Hall–Kier alpha value is -3.67. The molecule has 6 nitrogen and oxygen atoms in total. The van der Waals surface area contributed by atoms with Gasteiger partial charge in [-0.05, 0) is 47.2 Å². The zero-order valence-corrected chi connectivity index (χ0v) is 18.6. The standard InChI is InChI=1S/C26H26N2O4/c1-16-7-12-20(32-16)23(29)21-22(18-8-10-19(11-9-18)26(2,3)4)28(25(31)24(21)30)15-17-6-5-13-27-14-17/h5-14,22,30H,15H2,1-4H3/t22-/m1/s1. The van der Waals surface area contributed by atoms with Crippen molar-refractivity contribution in [3.8, 4) is 0 Å². The second-order valence-corrected chi connectivity index (χ2v) is 9.07. The minimum atomic E-state index is -0.741. The molecule has 1 N–H and O–H groups in total. The topological polar surface area (TPSA) is 83.6 Å². The summed E-state index contributed by atoms with van der Waals surface area (Å²) in [6, 6.07) is 14.0. The van der Waals surface area contributed by atoms with Gasteiger partial charge >= 0.3 is 0 Å². The molecule has 0 fully saturated rings. The number of amides is 1. The van der Waals surface area contributed by atoms with E-state index in [0.717, 1.165) is 16.7 Å². The van der Waals surface area contributed by atoms with Gasteiger partial charge in [-0.2, -0.15) is 0 Å². The molecule has 0 bridgehead atoms. The molecule has 0 unspecified atom stereocenters. The number of pyridine rings is 1. The lowest BCUT2D eigenvalue weighted by atomic mass is 9.85. The number of aliphatic hydroxyl groups is 1. The van der Waals surface area contributed by atoms with Crippen LogP contribution in [0.2, 0.25) is 0 Å². The zero-order chi connectivity index (χ0) is 23.0. The molecule has 0 saturated carbocycles. The molecule has 0 spiro atoms. The number of carbonyl (C=O) groups is 2. The van der Waals surface area contributed by atoms with Crippen molar-refractivity contribution in [2.75, 3.05) is 0 Å². The van der Waals surface area contributed by atoms with Gasteiger partial charge in [-0.3, -0.25) is 14.6 Å². The Morgan fingerprint density at radius 1 is 1.12 bits per heavy atom. The number of Topliss-reactive ketones (excluding diaryl/α,β-unsaturated/α-hetero) is 1. The van der Waals surface area contributed by atoms with Crippen molar-refractivity contribution >= 4 is 11.7 Å². The van der Waals surface area contributed by atoms with Gasteiger partial charge in [0.25, 0.3) is 5.91 Å². The normalized spacial score (nSPS) is 16.7. The van der Waals surface area contributed by atoms with Gasteiger partial charge in [0.2, 0.25) is 5.78 Å². The van der Waals surface area contributed by atoms with E-state index in [9.17, 15) is 14.7 Å². The number of hydrogen-bond donors (Lipinski definition) is 1. The summed E-state index contributed by atoms with van der Waals surface area (Å²) in [6.45, 7) is 8.31. The highest BCUT2D eigenvalue weighted by Gasteiger charge is 2.44. The molecular weight excluding hydrogens is 404 g/mol. The Labute approximate surface area is 187 Å². The molecule has 0 aliphatic carbocycles. The number of benzene rings is 1. The Morgan fingerprint density at radius 2 is 1.84 bits per heavy atom. The first-order chi connectivity index (χ1) is 15.2. The lowest BCUT2D eigenvalue weighted by Gasteiger charge is -2.27. The summed E-state index contributed by atoms with van der Waals surface area (Å²) < 4.78 is 5.51.